The molecule has 0 aromatic heterocycles. The van der Waals surface area contributed by atoms with Crippen molar-refractivity contribution in [3.05, 3.63) is 34.9 Å². The molecule has 3 unspecified atom stereocenters. The minimum Gasteiger partial charge on any atom is -0.351 e. The Morgan fingerprint density at radius 3 is 1.38 bits per heavy atom. The molecule has 2 N–H and O–H groups in total. The standard InChI is InChI=1S/C14H14F8O2/c1-3-7(2)8-4-9(11(15,23)13(17,18)19)6-10(5-8)12(16,24)14(20,21)22/h4-7,23-24H,3H2,1-2H3. The Labute approximate surface area is 131 Å². The van der Waals surface area contributed by atoms with E-state index in [1.807, 2.05) is 0 Å². The Hall–Kier alpha value is -1.42. The summed E-state index contributed by atoms with van der Waals surface area (Å²) in [5, 5.41) is 18.0. The SMILES string of the molecule is CCC(C)c1cc(C(O)(F)C(F)(F)F)cc(C(O)(F)C(F)(F)F)c1. The van der Waals surface area contributed by atoms with Crippen molar-refractivity contribution in [2.45, 2.75) is 50.2 Å². The summed E-state index contributed by atoms with van der Waals surface area (Å²) in [4.78, 5) is 0. The monoisotopic (exact) mass is 366 g/mol. The lowest BCUT2D eigenvalue weighted by atomic mass is 9.90. The van der Waals surface area contributed by atoms with E-state index in [1.165, 1.54) is 13.8 Å². The fourth-order valence-corrected chi connectivity index (χ4v) is 1.88. The quantitative estimate of drug-likeness (QED) is 0.768. The van der Waals surface area contributed by atoms with Crippen molar-refractivity contribution in [3.8, 4) is 0 Å². The Balaban J connectivity index is 3.67. The summed E-state index contributed by atoms with van der Waals surface area (Å²) in [7, 11) is 0. The van der Waals surface area contributed by atoms with Crippen LogP contribution in [-0.2, 0) is 11.7 Å². The van der Waals surface area contributed by atoms with Gasteiger partial charge in [-0.1, -0.05) is 13.8 Å². The summed E-state index contributed by atoms with van der Waals surface area (Å²) >= 11 is 0. The van der Waals surface area contributed by atoms with E-state index in [0.717, 1.165) is 0 Å². The highest BCUT2D eigenvalue weighted by Crippen LogP contribution is 2.45. The van der Waals surface area contributed by atoms with Crippen molar-refractivity contribution < 1.29 is 45.3 Å². The normalized spacial score (nSPS) is 19.5. The molecule has 0 spiro atoms. The number of hydrogen-bond donors (Lipinski definition) is 2. The molecule has 0 heterocycles. The molecule has 0 saturated carbocycles. The van der Waals surface area contributed by atoms with Crippen LogP contribution in [0.3, 0.4) is 0 Å². The van der Waals surface area contributed by atoms with Gasteiger partial charge in [0.2, 0.25) is 0 Å². The van der Waals surface area contributed by atoms with Crippen molar-refractivity contribution in [1.29, 1.82) is 0 Å². The van der Waals surface area contributed by atoms with Gasteiger partial charge < -0.3 is 10.2 Å². The van der Waals surface area contributed by atoms with Crippen molar-refractivity contribution >= 4 is 0 Å². The van der Waals surface area contributed by atoms with Crippen LogP contribution < -0.4 is 0 Å². The zero-order valence-corrected chi connectivity index (χ0v) is 12.4. The third-order valence-electron chi connectivity index (χ3n) is 3.65. The fourth-order valence-electron chi connectivity index (χ4n) is 1.88. The van der Waals surface area contributed by atoms with Gasteiger partial charge in [-0.3, -0.25) is 0 Å². The van der Waals surface area contributed by atoms with Gasteiger partial charge in [-0.05, 0) is 36.1 Å². The van der Waals surface area contributed by atoms with E-state index in [1.54, 1.807) is 0 Å². The maximum atomic E-state index is 13.7. The minimum absolute atomic E-state index is 0.202. The molecule has 2 nitrogen and oxygen atoms in total. The summed E-state index contributed by atoms with van der Waals surface area (Å²) in [5.41, 5.74) is -3.60. The predicted octanol–water partition coefficient (Wildman–Crippen LogP) is 4.55. The number of alkyl halides is 8. The molecular weight excluding hydrogens is 352 g/mol. The third-order valence-corrected chi connectivity index (χ3v) is 3.65. The second kappa shape index (κ2) is 6.14. The average molecular weight is 366 g/mol. The Morgan fingerprint density at radius 1 is 0.792 bits per heavy atom. The Morgan fingerprint density at radius 2 is 1.12 bits per heavy atom. The highest BCUT2D eigenvalue weighted by molar-refractivity contribution is 5.37. The predicted molar refractivity (Wildman–Crippen MR) is 67.3 cm³/mol. The summed E-state index contributed by atoms with van der Waals surface area (Å²) in [6.45, 7) is 2.92. The molecule has 1 rings (SSSR count). The van der Waals surface area contributed by atoms with Crippen LogP contribution in [0.4, 0.5) is 35.1 Å². The van der Waals surface area contributed by atoms with Gasteiger partial charge in [0, 0.05) is 11.1 Å². The molecule has 0 amide bonds. The first-order valence-electron chi connectivity index (χ1n) is 6.67. The smallest absolute Gasteiger partial charge is 0.351 e. The summed E-state index contributed by atoms with van der Waals surface area (Å²) in [5.74, 6) is -10.7. The van der Waals surface area contributed by atoms with Crippen LogP contribution in [-0.4, -0.2) is 22.6 Å². The van der Waals surface area contributed by atoms with Gasteiger partial charge in [0.05, 0.1) is 0 Å². The fraction of sp³-hybridized carbons (Fsp3) is 0.571. The molecule has 138 valence electrons. The second-order valence-electron chi connectivity index (χ2n) is 5.39. The molecule has 3 atom stereocenters. The number of halogens is 8. The van der Waals surface area contributed by atoms with Crippen molar-refractivity contribution in [2.75, 3.05) is 0 Å². The highest BCUT2D eigenvalue weighted by atomic mass is 19.4. The van der Waals surface area contributed by atoms with Gasteiger partial charge in [0.1, 0.15) is 0 Å². The van der Waals surface area contributed by atoms with Gasteiger partial charge in [0.25, 0.3) is 0 Å². The topological polar surface area (TPSA) is 40.5 Å². The summed E-state index contributed by atoms with van der Waals surface area (Å²) < 4.78 is 103. The minimum atomic E-state index is -5.87. The van der Waals surface area contributed by atoms with E-state index >= 15 is 0 Å². The maximum absolute atomic E-state index is 13.7. The Bertz CT molecular complexity index is 545. The molecule has 0 fully saturated rings. The van der Waals surface area contributed by atoms with E-state index < -0.39 is 41.1 Å². The van der Waals surface area contributed by atoms with Crippen molar-refractivity contribution in [3.63, 3.8) is 0 Å². The maximum Gasteiger partial charge on any atom is 0.453 e. The number of aliphatic hydroxyl groups is 2. The number of hydrogen-bond acceptors (Lipinski definition) is 2. The van der Waals surface area contributed by atoms with E-state index in [2.05, 4.69) is 0 Å². The molecule has 10 heteroatoms. The van der Waals surface area contributed by atoms with Crippen LogP contribution in [0.25, 0.3) is 0 Å². The second-order valence-corrected chi connectivity index (χ2v) is 5.39. The van der Waals surface area contributed by atoms with Gasteiger partial charge in [-0.25, -0.2) is 0 Å². The first kappa shape index (κ1) is 20.6. The van der Waals surface area contributed by atoms with Crippen LogP contribution in [0, 0.1) is 0 Å². The molecule has 1 aromatic rings. The van der Waals surface area contributed by atoms with Crippen LogP contribution in [0.2, 0.25) is 0 Å². The van der Waals surface area contributed by atoms with E-state index in [4.69, 9.17) is 10.2 Å². The molecule has 0 aliphatic carbocycles. The molecule has 24 heavy (non-hydrogen) atoms. The van der Waals surface area contributed by atoms with E-state index in [0.29, 0.717) is 12.1 Å². The van der Waals surface area contributed by atoms with Crippen LogP contribution in [0.5, 0.6) is 0 Å². The molecule has 0 aliphatic heterocycles. The zero-order chi connectivity index (χ0) is 19.1. The molecule has 1 aromatic carbocycles. The van der Waals surface area contributed by atoms with E-state index in [9.17, 15) is 35.1 Å². The zero-order valence-electron chi connectivity index (χ0n) is 12.4. The van der Waals surface area contributed by atoms with E-state index in [-0.39, 0.29) is 18.1 Å². The largest absolute Gasteiger partial charge is 0.453 e. The molecule has 0 radical (unpaired) electrons. The summed E-state index contributed by atoms with van der Waals surface area (Å²) in [6.07, 6.45) is -11.5. The lowest BCUT2D eigenvalue weighted by Crippen LogP contribution is -2.40. The first-order valence-corrected chi connectivity index (χ1v) is 6.67. The van der Waals surface area contributed by atoms with Crippen LogP contribution in [0.15, 0.2) is 18.2 Å². The van der Waals surface area contributed by atoms with Gasteiger partial charge in [-0.15, -0.1) is 0 Å². The Kier molecular flexibility index (Phi) is 5.28. The van der Waals surface area contributed by atoms with Crippen LogP contribution in [0.1, 0.15) is 42.9 Å². The number of benzene rings is 1. The third kappa shape index (κ3) is 3.64. The van der Waals surface area contributed by atoms with Gasteiger partial charge in [0.15, 0.2) is 0 Å². The molecular formula is C14H14F8O2. The average Bonchev–Trinajstić information content (AvgIpc) is 2.43. The van der Waals surface area contributed by atoms with Crippen LogP contribution >= 0.6 is 0 Å². The van der Waals surface area contributed by atoms with Gasteiger partial charge in [-0.2, -0.15) is 35.1 Å². The lowest BCUT2D eigenvalue weighted by molar-refractivity contribution is -0.326. The van der Waals surface area contributed by atoms with Crippen molar-refractivity contribution in [1.82, 2.24) is 0 Å². The lowest BCUT2D eigenvalue weighted by Gasteiger charge is -2.27. The molecule has 0 aliphatic rings. The molecule has 0 bridgehead atoms. The highest BCUT2D eigenvalue weighted by Gasteiger charge is 2.59. The van der Waals surface area contributed by atoms with Gasteiger partial charge >= 0.3 is 24.1 Å². The molecule has 0 saturated heterocycles. The van der Waals surface area contributed by atoms with Crippen molar-refractivity contribution in [2.24, 2.45) is 0 Å². The number of rotatable bonds is 4. The summed E-state index contributed by atoms with van der Waals surface area (Å²) in [6, 6.07) is 0.766. The first-order chi connectivity index (χ1) is 10.6.